The van der Waals surface area contributed by atoms with Crippen LogP contribution in [0.4, 0.5) is 8.68 Å². The lowest BCUT2D eigenvalue weighted by atomic mass is 9.73. The summed E-state index contributed by atoms with van der Waals surface area (Å²) in [6.45, 7) is 14.1. The van der Waals surface area contributed by atoms with Gasteiger partial charge in [-0.2, -0.15) is 3.89 Å². The van der Waals surface area contributed by atoms with Crippen LogP contribution >= 0.6 is 12.1 Å². The third-order valence-corrected chi connectivity index (χ3v) is 12.3. The van der Waals surface area contributed by atoms with Crippen molar-refractivity contribution in [2.75, 3.05) is 34.0 Å². The molecule has 3 aliphatic heterocycles. The van der Waals surface area contributed by atoms with Crippen molar-refractivity contribution in [2.45, 2.75) is 135 Å². The van der Waals surface area contributed by atoms with Crippen molar-refractivity contribution < 1.29 is 51.9 Å². The lowest BCUT2D eigenvalue weighted by Crippen LogP contribution is -2.60. The van der Waals surface area contributed by atoms with Gasteiger partial charge in [0.2, 0.25) is 5.82 Å². The van der Waals surface area contributed by atoms with E-state index in [1.807, 2.05) is 32.0 Å². The zero-order chi connectivity index (χ0) is 45.4. The Morgan fingerprint density at radius 3 is 2.33 bits per heavy atom. The number of tetrazole rings is 1. The minimum Gasteiger partial charge on any atom is -0.458 e. The molecule has 0 aromatic carbocycles. The molecule has 0 radical (unpaired) electrons. The highest BCUT2D eigenvalue weighted by Gasteiger charge is 2.60. The zero-order valence-electron chi connectivity index (χ0n) is 37.4. The number of likely N-dealkylation sites (N-methyl/N-ethyl adjacent to an activating group) is 1. The molecular weight excluding hydrogens is 814 g/mol. The second-order valence-corrected chi connectivity index (χ2v) is 17.2. The molecule has 3 unspecified atom stereocenters. The number of ketones is 2. The predicted molar refractivity (Wildman–Crippen MR) is 224 cm³/mol. The molecule has 3 fully saturated rings. The van der Waals surface area contributed by atoms with Crippen LogP contribution in [-0.2, 0) is 44.6 Å². The smallest absolute Gasteiger partial charge is 0.411 e. The molecule has 2 aromatic rings. The number of esters is 1. The zero-order valence-corrected chi connectivity index (χ0v) is 38.2. The number of cyclic esters (lactones) is 1. The van der Waals surface area contributed by atoms with Crippen LogP contribution in [-0.4, -0.2) is 152 Å². The summed E-state index contributed by atoms with van der Waals surface area (Å²) in [5.74, 6) is -4.72. The maximum Gasteiger partial charge on any atom is 0.411 e. The number of methoxy groups -OCH3 is 1. The van der Waals surface area contributed by atoms with E-state index in [2.05, 4.69) is 20.5 Å². The lowest BCUT2D eigenvalue weighted by molar-refractivity contribution is -0.295. The van der Waals surface area contributed by atoms with Crippen molar-refractivity contribution in [3.63, 3.8) is 0 Å². The summed E-state index contributed by atoms with van der Waals surface area (Å²) >= 11 is 0.250. The maximum atomic E-state index is 14.7. The van der Waals surface area contributed by atoms with Gasteiger partial charge in [-0.25, -0.2) is 9.48 Å². The van der Waals surface area contributed by atoms with Gasteiger partial charge in [0.1, 0.15) is 29.6 Å². The fraction of sp³-hybridized carbons (Fsp3) is 0.714. The number of fused-ring (bicyclic) bond motifs is 1. The van der Waals surface area contributed by atoms with Crippen LogP contribution in [0.1, 0.15) is 74.7 Å². The molecule has 17 nitrogen and oxygen atoms in total. The van der Waals surface area contributed by atoms with Crippen molar-refractivity contribution in [2.24, 2.45) is 23.7 Å². The first-order chi connectivity index (χ1) is 28.8. The van der Waals surface area contributed by atoms with Gasteiger partial charge in [-0.05, 0) is 83.6 Å². The highest BCUT2D eigenvalue weighted by molar-refractivity contribution is 7.93. The number of rotatable bonds is 10. The summed E-state index contributed by atoms with van der Waals surface area (Å²) in [4.78, 5) is 64.5. The first-order valence-electron chi connectivity index (χ1n) is 20.7. The van der Waals surface area contributed by atoms with E-state index in [0.717, 1.165) is 0 Å². The Hall–Kier alpha value is -3.88. The normalized spacial score (nSPS) is 35.3. The van der Waals surface area contributed by atoms with E-state index >= 15 is 0 Å². The number of carbonyl (C=O) groups is 4. The van der Waals surface area contributed by atoms with Gasteiger partial charge in [-0.3, -0.25) is 24.3 Å². The summed E-state index contributed by atoms with van der Waals surface area (Å²) in [7, 11) is 5.21. The number of hydrogen-bond donors (Lipinski definition) is 1. The Bertz CT molecular complexity index is 1820. The molecule has 0 spiro atoms. The molecule has 2 aromatic heterocycles. The molecule has 0 bridgehead atoms. The number of Topliss-reactive ketones (excluding diaryl/α,β-unsaturated/α-hetero) is 2. The van der Waals surface area contributed by atoms with Gasteiger partial charge in [-0.15, -0.1) is 5.10 Å². The molecule has 340 valence electrons. The first kappa shape index (κ1) is 49.8. The Balaban J connectivity index is 0.00000265. The average Bonchev–Trinajstić information content (AvgIpc) is 3.81. The number of aromatic nitrogens is 5. The second kappa shape index (κ2) is 21.5. The third kappa shape index (κ3) is 11.0. The van der Waals surface area contributed by atoms with Gasteiger partial charge < -0.3 is 33.7 Å². The minimum atomic E-state index is -1.46. The highest BCUT2D eigenvalue weighted by atomic mass is 32.2. The SMILES string of the molecule is CC[C@H]1OC(=O)[C@H](C)C(=O)[C@H](C)[C@@H](O[C@@H]2OC(C)CC(N(C)C)C2O)[C@](C)(OC)C[C@@H](C)C(=O)[C@H](C)[C@H]2N(C/C=C/Cn3nnnc3-c3ccccn3)C(=O)O[C@]12C.CSF. The van der Waals surface area contributed by atoms with E-state index < -0.39 is 83.4 Å². The molecule has 3 saturated heterocycles. The average molecular weight is 878 g/mol. The maximum absolute atomic E-state index is 14.7. The number of amides is 1. The molecular formula is C42H64FN7O10S. The fourth-order valence-corrected chi connectivity index (χ4v) is 9.04. The quantitative estimate of drug-likeness (QED) is 0.195. The molecule has 1 amide bonds. The van der Waals surface area contributed by atoms with Crippen LogP contribution in [0.2, 0.25) is 0 Å². The van der Waals surface area contributed by atoms with Gasteiger partial charge in [0.05, 0.1) is 30.4 Å². The molecule has 5 rings (SSSR count). The van der Waals surface area contributed by atoms with Crippen molar-refractivity contribution in [1.29, 1.82) is 0 Å². The van der Waals surface area contributed by atoms with Gasteiger partial charge >= 0.3 is 12.1 Å². The Labute approximate surface area is 362 Å². The van der Waals surface area contributed by atoms with Crippen molar-refractivity contribution >= 4 is 35.8 Å². The molecule has 0 aliphatic carbocycles. The lowest BCUT2D eigenvalue weighted by Gasteiger charge is -2.47. The largest absolute Gasteiger partial charge is 0.458 e. The van der Waals surface area contributed by atoms with E-state index in [0.29, 0.717) is 17.9 Å². The van der Waals surface area contributed by atoms with Crippen LogP contribution in [0.5, 0.6) is 0 Å². The molecule has 19 heteroatoms. The monoisotopic (exact) mass is 877 g/mol. The summed E-state index contributed by atoms with van der Waals surface area (Å²) in [6, 6.07) is 4.26. The van der Waals surface area contributed by atoms with E-state index in [-0.39, 0.29) is 56.0 Å². The highest BCUT2D eigenvalue weighted by Crippen LogP contribution is 2.43. The number of halogens is 1. The van der Waals surface area contributed by atoms with Crippen LogP contribution < -0.4 is 0 Å². The van der Waals surface area contributed by atoms with Crippen LogP contribution in [0.3, 0.4) is 0 Å². The van der Waals surface area contributed by atoms with Crippen LogP contribution in [0.15, 0.2) is 36.5 Å². The van der Waals surface area contributed by atoms with E-state index in [1.54, 1.807) is 76.7 Å². The Morgan fingerprint density at radius 1 is 1.05 bits per heavy atom. The number of allylic oxidation sites excluding steroid dienone is 1. The number of aliphatic hydroxyl groups is 1. The number of ether oxygens (including phenoxy) is 5. The van der Waals surface area contributed by atoms with Gasteiger partial charge in [0.15, 0.2) is 17.7 Å². The number of aliphatic hydroxyl groups excluding tert-OH is 1. The Kier molecular flexibility index (Phi) is 17.5. The fourth-order valence-electron chi connectivity index (χ4n) is 9.04. The standard InChI is InChI=1S/C41H61N7O10.CH3FS/c1-12-30-41(8)34(47(39(53)58-41)19-15-16-20-48-36(43-44-45-48)28-17-13-14-18-42-28)25(4)31(49)23(2)22-40(7,54-11)35(26(5)32(50)27(6)37(52)56-30)57-38-33(51)29(46(9)10)21-24(3)55-38;1-3-2/h13-18,23-27,29-30,33-35,38,51H,12,19-22H2,1-11H3;1H3/b16-15+;/t23-,24?,25+,26+,27-,29?,30-,33?,34-,35-,38+,40-,41-;/m1./s1. The molecule has 5 heterocycles. The topological polar surface area (TPSA) is 198 Å². The first-order valence-corrected chi connectivity index (χ1v) is 21.9. The van der Waals surface area contributed by atoms with Crippen LogP contribution in [0, 0.1) is 23.7 Å². The summed E-state index contributed by atoms with van der Waals surface area (Å²) < 4.78 is 42.9. The van der Waals surface area contributed by atoms with Crippen LogP contribution in [0.25, 0.3) is 11.5 Å². The van der Waals surface area contributed by atoms with Crippen molar-refractivity contribution in [3.8, 4) is 11.5 Å². The third-order valence-electron chi connectivity index (χ3n) is 12.3. The van der Waals surface area contributed by atoms with Gasteiger partial charge in [0.25, 0.3) is 0 Å². The van der Waals surface area contributed by atoms with E-state index in [9.17, 15) is 28.2 Å². The summed E-state index contributed by atoms with van der Waals surface area (Å²) in [5.41, 5.74) is -2.16. The molecule has 0 saturated carbocycles. The molecule has 1 N–H and O–H groups in total. The predicted octanol–water partition coefficient (Wildman–Crippen LogP) is 4.73. The number of hydrogen-bond acceptors (Lipinski definition) is 16. The molecule has 3 aliphatic rings. The van der Waals surface area contributed by atoms with Crippen molar-refractivity contribution in [3.05, 3.63) is 36.5 Å². The number of carbonyl (C=O) groups excluding carboxylic acids is 4. The second-order valence-electron chi connectivity index (χ2n) is 16.9. The Morgan fingerprint density at radius 2 is 1.72 bits per heavy atom. The number of pyridine rings is 1. The number of nitrogens with zero attached hydrogens (tertiary/aromatic N) is 7. The van der Waals surface area contributed by atoms with E-state index in [1.165, 1.54) is 25.2 Å². The minimum absolute atomic E-state index is 0.0602. The van der Waals surface area contributed by atoms with Gasteiger partial charge in [0, 0.05) is 62.1 Å². The van der Waals surface area contributed by atoms with Crippen molar-refractivity contribution in [1.82, 2.24) is 35.0 Å². The summed E-state index contributed by atoms with van der Waals surface area (Å²) in [6.07, 6.45) is 2.27. The van der Waals surface area contributed by atoms with Gasteiger partial charge in [-0.1, -0.05) is 45.9 Å². The molecule has 13 atom stereocenters. The molecule has 61 heavy (non-hydrogen) atoms. The van der Waals surface area contributed by atoms with E-state index in [4.69, 9.17) is 23.7 Å². The summed E-state index contributed by atoms with van der Waals surface area (Å²) in [5, 5.41) is 23.4.